The maximum absolute atomic E-state index is 12.5. The van der Waals surface area contributed by atoms with E-state index < -0.39 is 11.9 Å². The number of benzene rings is 2. The highest BCUT2D eigenvalue weighted by molar-refractivity contribution is 6.12. The van der Waals surface area contributed by atoms with E-state index in [1.54, 1.807) is 12.1 Å². The van der Waals surface area contributed by atoms with E-state index in [0.29, 0.717) is 22.6 Å². The first-order valence-corrected chi connectivity index (χ1v) is 7.64. The fourth-order valence-corrected chi connectivity index (χ4v) is 2.93. The van der Waals surface area contributed by atoms with Crippen LogP contribution in [-0.4, -0.2) is 26.0 Å². The van der Waals surface area contributed by atoms with E-state index in [1.165, 1.54) is 14.2 Å². The van der Waals surface area contributed by atoms with E-state index in [-0.39, 0.29) is 18.8 Å². The Labute approximate surface area is 140 Å². The van der Waals surface area contributed by atoms with Crippen molar-refractivity contribution in [2.75, 3.05) is 14.2 Å². The molecule has 5 heteroatoms. The first kappa shape index (κ1) is 16.1. The number of carbonyl (C=O) groups excluding carboxylic acids is 2. The Morgan fingerprint density at radius 2 is 1.83 bits per heavy atom. The van der Waals surface area contributed by atoms with Crippen molar-refractivity contribution in [2.24, 2.45) is 5.92 Å². The summed E-state index contributed by atoms with van der Waals surface area (Å²) in [5, 5.41) is 0. The normalized spacial score (nSPS) is 15.8. The highest BCUT2D eigenvalue weighted by Crippen LogP contribution is 2.40. The van der Waals surface area contributed by atoms with Gasteiger partial charge in [0.25, 0.3) is 0 Å². The minimum absolute atomic E-state index is 0.153. The van der Waals surface area contributed by atoms with Gasteiger partial charge in [-0.15, -0.1) is 0 Å². The Hall–Kier alpha value is -2.82. The van der Waals surface area contributed by atoms with Crippen molar-refractivity contribution in [3.05, 3.63) is 59.2 Å². The molecular weight excluding hydrogens is 308 g/mol. The lowest BCUT2D eigenvalue weighted by atomic mass is 10.1. The lowest BCUT2D eigenvalue weighted by molar-refractivity contribution is -0.147. The number of fused-ring (bicyclic) bond motifs is 1. The molecule has 0 amide bonds. The number of ether oxygens (including phenoxy) is 3. The molecule has 0 saturated carbocycles. The van der Waals surface area contributed by atoms with Gasteiger partial charge in [0.15, 0.2) is 17.3 Å². The van der Waals surface area contributed by atoms with Gasteiger partial charge in [0.2, 0.25) is 0 Å². The smallest absolute Gasteiger partial charge is 0.317 e. The highest BCUT2D eigenvalue weighted by atomic mass is 16.5. The van der Waals surface area contributed by atoms with Gasteiger partial charge in [-0.1, -0.05) is 30.3 Å². The largest absolute Gasteiger partial charge is 0.493 e. The summed E-state index contributed by atoms with van der Waals surface area (Å²) in [5.74, 6) is -0.529. The van der Waals surface area contributed by atoms with Crippen LogP contribution in [0.1, 0.15) is 21.5 Å². The van der Waals surface area contributed by atoms with Gasteiger partial charge in [0.05, 0.1) is 14.2 Å². The fraction of sp³-hybridized carbons (Fsp3) is 0.263. The average Bonchev–Trinajstić information content (AvgIpc) is 2.96. The maximum atomic E-state index is 12.5. The highest BCUT2D eigenvalue weighted by Gasteiger charge is 2.39. The monoisotopic (exact) mass is 326 g/mol. The van der Waals surface area contributed by atoms with Crippen LogP contribution in [0.25, 0.3) is 0 Å². The second-order valence-electron chi connectivity index (χ2n) is 5.54. The number of hydrogen-bond donors (Lipinski definition) is 0. The van der Waals surface area contributed by atoms with Gasteiger partial charge in [-0.3, -0.25) is 9.59 Å². The van der Waals surface area contributed by atoms with Crippen LogP contribution in [0.4, 0.5) is 0 Å². The zero-order chi connectivity index (χ0) is 17.1. The first-order chi connectivity index (χ1) is 11.7. The molecule has 2 aromatic rings. The third-order valence-corrected chi connectivity index (χ3v) is 4.15. The molecule has 24 heavy (non-hydrogen) atoms. The molecule has 0 radical (unpaired) electrons. The van der Waals surface area contributed by atoms with E-state index in [2.05, 4.69) is 0 Å². The van der Waals surface area contributed by atoms with Crippen molar-refractivity contribution < 1.29 is 23.8 Å². The summed E-state index contributed by atoms with van der Waals surface area (Å²) in [6.07, 6.45) is 0.266. The summed E-state index contributed by atoms with van der Waals surface area (Å²) >= 11 is 0. The predicted octanol–water partition coefficient (Wildman–Crippen LogP) is 2.80. The van der Waals surface area contributed by atoms with Gasteiger partial charge in [-0.05, 0) is 24.1 Å². The number of rotatable bonds is 5. The summed E-state index contributed by atoms with van der Waals surface area (Å²) in [5.41, 5.74) is 2.07. The lowest BCUT2D eigenvalue weighted by Crippen LogP contribution is -2.23. The molecule has 0 fully saturated rings. The molecular formula is C19H18O5. The number of carbonyl (C=O) groups is 2. The van der Waals surface area contributed by atoms with E-state index in [1.807, 2.05) is 30.3 Å². The summed E-state index contributed by atoms with van der Waals surface area (Å²) in [6.45, 7) is 0.153. The minimum atomic E-state index is -0.829. The van der Waals surface area contributed by atoms with Crippen LogP contribution >= 0.6 is 0 Å². The Kier molecular flexibility index (Phi) is 4.51. The Balaban J connectivity index is 1.76. The van der Waals surface area contributed by atoms with Crippen molar-refractivity contribution in [3.63, 3.8) is 0 Å². The van der Waals surface area contributed by atoms with Crippen molar-refractivity contribution in [2.45, 2.75) is 13.0 Å². The number of ketones is 1. The quantitative estimate of drug-likeness (QED) is 0.624. The second kappa shape index (κ2) is 6.74. The van der Waals surface area contributed by atoms with Crippen molar-refractivity contribution >= 4 is 11.8 Å². The van der Waals surface area contributed by atoms with Gasteiger partial charge >= 0.3 is 5.97 Å². The van der Waals surface area contributed by atoms with Crippen LogP contribution in [0, 0.1) is 5.92 Å². The molecule has 0 saturated heterocycles. The van der Waals surface area contributed by atoms with Gasteiger partial charge < -0.3 is 14.2 Å². The molecule has 5 nitrogen and oxygen atoms in total. The number of hydrogen-bond acceptors (Lipinski definition) is 5. The molecule has 0 N–H and O–H groups in total. The van der Waals surface area contributed by atoms with Crippen molar-refractivity contribution in [3.8, 4) is 11.5 Å². The minimum Gasteiger partial charge on any atom is -0.493 e. The summed E-state index contributed by atoms with van der Waals surface area (Å²) in [7, 11) is 3.05. The van der Waals surface area contributed by atoms with Crippen molar-refractivity contribution in [1.82, 2.24) is 0 Å². The van der Waals surface area contributed by atoms with Gasteiger partial charge in [0, 0.05) is 11.1 Å². The number of methoxy groups -OCH3 is 2. The second-order valence-corrected chi connectivity index (χ2v) is 5.54. The SMILES string of the molecule is COc1ccc2c(c1OC)CC(C(=O)OCc1ccccc1)C2=O. The van der Waals surface area contributed by atoms with Gasteiger partial charge in [-0.25, -0.2) is 0 Å². The topological polar surface area (TPSA) is 61.8 Å². The zero-order valence-corrected chi connectivity index (χ0v) is 13.6. The van der Waals surface area contributed by atoms with Gasteiger partial charge in [-0.2, -0.15) is 0 Å². The molecule has 124 valence electrons. The summed E-state index contributed by atoms with van der Waals surface area (Å²) in [4.78, 5) is 24.9. The molecule has 0 aliphatic heterocycles. The molecule has 0 heterocycles. The summed E-state index contributed by atoms with van der Waals surface area (Å²) < 4.78 is 15.9. The molecule has 0 spiro atoms. The van der Waals surface area contributed by atoms with Crippen LogP contribution in [-0.2, 0) is 22.6 Å². The average molecular weight is 326 g/mol. The van der Waals surface area contributed by atoms with Crippen molar-refractivity contribution in [1.29, 1.82) is 0 Å². The lowest BCUT2D eigenvalue weighted by Gasteiger charge is -2.11. The summed E-state index contributed by atoms with van der Waals surface area (Å²) in [6, 6.07) is 12.7. The van der Waals surface area contributed by atoms with E-state index in [4.69, 9.17) is 14.2 Å². The standard InChI is InChI=1S/C19H18O5/c1-22-16-9-8-13-14(18(16)23-2)10-15(17(13)20)19(21)24-11-12-6-4-3-5-7-12/h3-9,15H,10-11H2,1-2H3. The van der Waals surface area contributed by atoms with E-state index in [9.17, 15) is 9.59 Å². The molecule has 1 aliphatic carbocycles. The molecule has 2 aromatic carbocycles. The van der Waals surface area contributed by atoms with Crippen LogP contribution in [0.2, 0.25) is 0 Å². The Morgan fingerprint density at radius 1 is 1.08 bits per heavy atom. The third-order valence-electron chi connectivity index (χ3n) is 4.15. The molecule has 1 atom stereocenters. The Morgan fingerprint density at radius 3 is 2.50 bits per heavy atom. The molecule has 1 aliphatic rings. The molecule has 0 aromatic heterocycles. The molecule has 0 bridgehead atoms. The number of Topliss-reactive ketones (excluding diaryl/α,β-unsaturated/α-hetero) is 1. The van der Waals surface area contributed by atoms with Crippen LogP contribution in [0.3, 0.4) is 0 Å². The number of esters is 1. The van der Waals surface area contributed by atoms with Crippen LogP contribution < -0.4 is 9.47 Å². The third kappa shape index (κ3) is 2.85. The maximum Gasteiger partial charge on any atom is 0.317 e. The fourth-order valence-electron chi connectivity index (χ4n) is 2.93. The van der Waals surface area contributed by atoms with E-state index >= 15 is 0 Å². The molecule has 3 rings (SSSR count). The first-order valence-electron chi connectivity index (χ1n) is 7.64. The van der Waals surface area contributed by atoms with Crippen LogP contribution in [0.15, 0.2) is 42.5 Å². The van der Waals surface area contributed by atoms with E-state index in [0.717, 1.165) is 5.56 Å². The zero-order valence-electron chi connectivity index (χ0n) is 13.6. The molecule has 1 unspecified atom stereocenters. The van der Waals surface area contributed by atoms with Gasteiger partial charge in [0.1, 0.15) is 12.5 Å². The van der Waals surface area contributed by atoms with Crippen LogP contribution in [0.5, 0.6) is 11.5 Å². The predicted molar refractivity (Wildman–Crippen MR) is 87.3 cm³/mol. The Bertz CT molecular complexity index is 767.